The van der Waals surface area contributed by atoms with Gasteiger partial charge >= 0.3 is 0 Å². The van der Waals surface area contributed by atoms with E-state index in [0.717, 1.165) is 25.7 Å². The number of halogens is 1. The topological polar surface area (TPSA) is 52.3 Å². The van der Waals surface area contributed by atoms with E-state index < -0.39 is 5.82 Å². The lowest BCUT2D eigenvalue weighted by Crippen LogP contribution is -2.39. The van der Waals surface area contributed by atoms with Crippen molar-refractivity contribution in [1.82, 2.24) is 0 Å². The second kappa shape index (κ2) is 5.70. The number of carbonyl (C=O) groups excluding carboxylic acids is 1. The maximum Gasteiger partial charge on any atom is 0.168 e. The van der Waals surface area contributed by atoms with E-state index in [4.69, 9.17) is 10.5 Å². The van der Waals surface area contributed by atoms with Crippen LogP contribution in [-0.4, -0.2) is 18.4 Å². The quantitative estimate of drug-likeness (QED) is 0.890. The van der Waals surface area contributed by atoms with E-state index in [2.05, 4.69) is 0 Å². The van der Waals surface area contributed by atoms with Crippen molar-refractivity contribution in [3.8, 4) is 5.75 Å². The van der Waals surface area contributed by atoms with Crippen molar-refractivity contribution in [2.45, 2.75) is 44.1 Å². The number of rotatable bonds is 5. The van der Waals surface area contributed by atoms with Gasteiger partial charge in [0.2, 0.25) is 0 Å². The molecule has 0 bridgehead atoms. The third-order valence-corrected chi connectivity index (χ3v) is 3.80. The predicted molar refractivity (Wildman–Crippen MR) is 71.7 cm³/mol. The van der Waals surface area contributed by atoms with Crippen molar-refractivity contribution in [2.24, 2.45) is 5.73 Å². The molecule has 4 heteroatoms. The molecule has 1 aliphatic rings. The van der Waals surface area contributed by atoms with E-state index in [-0.39, 0.29) is 23.5 Å². The SMILES string of the molecule is COc1cccc(CC(=O)CC2(N)CCCC2)c1F. The number of methoxy groups -OCH3 is 1. The summed E-state index contributed by atoms with van der Waals surface area (Å²) < 4.78 is 18.8. The molecule has 0 aromatic heterocycles. The molecule has 2 N–H and O–H groups in total. The summed E-state index contributed by atoms with van der Waals surface area (Å²) in [5.74, 6) is -0.277. The molecule has 3 nitrogen and oxygen atoms in total. The maximum absolute atomic E-state index is 13.9. The number of nitrogens with two attached hydrogens (primary N) is 1. The summed E-state index contributed by atoms with van der Waals surface area (Å²) in [4.78, 5) is 12.0. The molecule has 0 amide bonds. The van der Waals surface area contributed by atoms with E-state index in [9.17, 15) is 9.18 Å². The zero-order valence-corrected chi connectivity index (χ0v) is 11.2. The van der Waals surface area contributed by atoms with E-state index >= 15 is 0 Å². The number of hydrogen-bond donors (Lipinski definition) is 1. The lowest BCUT2D eigenvalue weighted by molar-refractivity contribution is -0.119. The molecule has 1 aliphatic carbocycles. The van der Waals surface area contributed by atoms with Crippen molar-refractivity contribution in [1.29, 1.82) is 0 Å². The summed E-state index contributed by atoms with van der Waals surface area (Å²) in [5, 5.41) is 0. The van der Waals surface area contributed by atoms with Gasteiger partial charge in [0.15, 0.2) is 11.6 Å². The minimum atomic E-state index is -0.448. The molecular weight excluding hydrogens is 245 g/mol. The first-order valence-corrected chi connectivity index (χ1v) is 6.66. The summed E-state index contributed by atoms with van der Waals surface area (Å²) >= 11 is 0. The highest BCUT2D eigenvalue weighted by Crippen LogP contribution is 2.31. The van der Waals surface area contributed by atoms with Gasteiger partial charge in [-0.2, -0.15) is 0 Å². The summed E-state index contributed by atoms with van der Waals surface area (Å²) in [6.07, 6.45) is 4.36. The summed E-state index contributed by atoms with van der Waals surface area (Å²) in [6.45, 7) is 0. The third-order valence-electron chi connectivity index (χ3n) is 3.80. The van der Waals surface area contributed by atoms with Crippen LogP contribution < -0.4 is 10.5 Å². The van der Waals surface area contributed by atoms with Gasteiger partial charge in [-0.3, -0.25) is 4.79 Å². The smallest absolute Gasteiger partial charge is 0.168 e. The van der Waals surface area contributed by atoms with Crippen molar-refractivity contribution in [3.05, 3.63) is 29.6 Å². The first-order valence-electron chi connectivity index (χ1n) is 6.66. The molecule has 1 aromatic carbocycles. The summed E-state index contributed by atoms with van der Waals surface area (Å²) in [6, 6.07) is 4.86. The Morgan fingerprint density at radius 3 is 2.74 bits per heavy atom. The number of Topliss-reactive ketones (excluding diaryl/α,β-unsaturated/α-hetero) is 1. The number of ether oxygens (including phenoxy) is 1. The molecule has 19 heavy (non-hydrogen) atoms. The highest BCUT2D eigenvalue weighted by atomic mass is 19.1. The van der Waals surface area contributed by atoms with Gasteiger partial charge in [-0.1, -0.05) is 25.0 Å². The fourth-order valence-corrected chi connectivity index (χ4v) is 2.77. The largest absolute Gasteiger partial charge is 0.494 e. The van der Waals surface area contributed by atoms with Gasteiger partial charge in [-0.15, -0.1) is 0 Å². The van der Waals surface area contributed by atoms with Crippen LogP contribution in [0.5, 0.6) is 5.75 Å². The molecule has 1 aromatic rings. The van der Waals surface area contributed by atoms with Crippen LogP contribution in [0.15, 0.2) is 18.2 Å². The van der Waals surface area contributed by atoms with Crippen molar-refractivity contribution in [2.75, 3.05) is 7.11 Å². The number of benzene rings is 1. The lowest BCUT2D eigenvalue weighted by Gasteiger charge is -2.22. The predicted octanol–water partition coefficient (Wildman–Crippen LogP) is 2.61. The van der Waals surface area contributed by atoms with Gasteiger partial charge < -0.3 is 10.5 Å². The van der Waals surface area contributed by atoms with Gasteiger partial charge in [0.1, 0.15) is 5.78 Å². The Balaban J connectivity index is 2.03. The average Bonchev–Trinajstić information content (AvgIpc) is 2.78. The monoisotopic (exact) mass is 265 g/mol. The van der Waals surface area contributed by atoms with Crippen LogP contribution in [0.4, 0.5) is 4.39 Å². The average molecular weight is 265 g/mol. The Labute approximate surface area is 112 Å². The minimum absolute atomic E-state index is 0.00319. The van der Waals surface area contributed by atoms with Gasteiger partial charge in [-0.05, 0) is 24.5 Å². The first-order chi connectivity index (χ1) is 9.04. The Bertz CT molecular complexity index is 467. The highest BCUT2D eigenvalue weighted by Gasteiger charge is 2.31. The first kappa shape index (κ1) is 14.0. The number of ketones is 1. The van der Waals surface area contributed by atoms with E-state index in [0.29, 0.717) is 12.0 Å². The van der Waals surface area contributed by atoms with Crippen molar-refractivity contribution < 1.29 is 13.9 Å². The van der Waals surface area contributed by atoms with Crippen LogP contribution in [0, 0.1) is 5.82 Å². The van der Waals surface area contributed by atoms with Gasteiger partial charge in [0.25, 0.3) is 0 Å². The Morgan fingerprint density at radius 1 is 1.42 bits per heavy atom. The molecule has 0 unspecified atom stereocenters. The van der Waals surface area contributed by atoms with Gasteiger partial charge in [0, 0.05) is 18.4 Å². The Hall–Kier alpha value is -1.42. The fraction of sp³-hybridized carbons (Fsp3) is 0.533. The fourth-order valence-electron chi connectivity index (χ4n) is 2.77. The van der Waals surface area contributed by atoms with E-state index in [1.54, 1.807) is 18.2 Å². The third kappa shape index (κ3) is 3.32. The zero-order chi connectivity index (χ0) is 13.9. The molecule has 0 aliphatic heterocycles. The molecule has 0 saturated heterocycles. The lowest BCUT2D eigenvalue weighted by atomic mass is 9.90. The van der Waals surface area contributed by atoms with Crippen molar-refractivity contribution >= 4 is 5.78 Å². The second-order valence-electron chi connectivity index (χ2n) is 5.40. The normalized spacial score (nSPS) is 17.4. The molecular formula is C15H20FNO2. The van der Waals surface area contributed by atoms with Crippen LogP contribution in [0.3, 0.4) is 0 Å². The molecule has 0 spiro atoms. The van der Waals surface area contributed by atoms with Crippen molar-refractivity contribution in [3.63, 3.8) is 0 Å². The molecule has 1 saturated carbocycles. The highest BCUT2D eigenvalue weighted by molar-refractivity contribution is 5.82. The number of carbonyl (C=O) groups is 1. The van der Waals surface area contributed by atoms with Crippen LogP contribution >= 0.6 is 0 Å². The zero-order valence-electron chi connectivity index (χ0n) is 11.2. The minimum Gasteiger partial charge on any atom is -0.494 e. The number of hydrogen-bond acceptors (Lipinski definition) is 3. The van der Waals surface area contributed by atoms with Crippen LogP contribution in [0.25, 0.3) is 0 Å². The van der Waals surface area contributed by atoms with E-state index in [1.807, 2.05) is 0 Å². The summed E-state index contributed by atoms with van der Waals surface area (Å²) in [5.41, 5.74) is 6.18. The second-order valence-corrected chi connectivity index (χ2v) is 5.40. The molecule has 2 rings (SSSR count). The van der Waals surface area contributed by atoms with Crippen LogP contribution in [0.2, 0.25) is 0 Å². The van der Waals surface area contributed by atoms with Crippen LogP contribution in [0.1, 0.15) is 37.7 Å². The van der Waals surface area contributed by atoms with Gasteiger partial charge in [0.05, 0.1) is 7.11 Å². The summed E-state index contributed by atoms with van der Waals surface area (Å²) in [7, 11) is 1.41. The Kier molecular flexibility index (Phi) is 4.20. The molecule has 0 atom stereocenters. The Morgan fingerprint density at radius 2 is 2.11 bits per heavy atom. The molecule has 0 radical (unpaired) electrons. The maximum atomic E-state index is 13.9. The molecule has 0 heterocycles. The van der Waals surface area contributed by atoms with Crippen LogP contribution in [-0.2, 0) is 11.2 Å². The molecule has 104 valence electrons. The standard InChI is InChI=1S/C15H20FNO2/c1-19-13-6-4-5-11(14(13)16)9-12(18)10-15(17)7-2-3-8-15/h4-6H,2-3,7-10,17H2,1H3. The van der Waals surface area contributed by atoms with Gasteiger partial charge in [-0.25, -0.2) is 4.39 Å². The molecule has 1 fully saturated rings. The van der Waals surface area contributed by atoms with E-state index in [1.165, 1.54) is 7.11 Å².